The second-order valence-corrected chi connectivity index (χ2v) is 8.17. The summed E-state index contributed by atoms with van der Waals surface area (Å²) in [4.78, 5) is 12.2. The van der Waals surface area contributed by atoms with Crippen molar-refractivity contribution in [2.45, 2.75) is 4.90 Å². The van der Waals surface area contributed by atoms with Gasteiger partial charge in [-0.3, -0.25) is 9.52 Å². The van der Waals surface area contributed by atoms with E-state index < -0.39 is 33.3 Å². The third-order valence-electron chi connectivity index (χ3n) is 4.01. The fourth-order valence-corrected chi connectivity index (χ4v) is 3.74. The van der Waals surface area contributed by atoms with Crippen LogP contribution in [0.15, 0.2) is 65.6 Å². The number of nitrogens with one attached hydrogen (secondary N) is 2. The molecule has 0 aliphatic carbocycles. The molecule has 0 saturated heterocycles. The standard InChI is InChI=1S/C20H15ClF2N2O4S/c1-29-19-9-7-15(30(27,28)25-17-8-6-14(22)10-16(17)23)11-18(19)24-20(26)12-2-4-13(21)5-3-12/h2-11,25H,1H3,(H,24,26). The molecule has 0 heterocycles. The summed E-state index contributed by atoms with van der Waals surface area (Å²) in [6.07, 6.45) is 0. The quantitative estimate of drug-likeness (QED) is 0.568. The summed E-state index contributed by atoms with van der Waals surface area (Å²) in [5, 5.41) is 3.02. The van der Waals surface area contributed by atoms with Gasteiger partial charge in [-0.25, -0.2) is 17.2 Å². The molecule has 0 aliphatic heterocycles. The molecule has 156 valence electrons. The Kier molecular flexibility index (Phi) is 6.23. The lowest BCUT2D eigenvalue weighted by atomic mass is 10.2. The minimum Gasteiger partial charge on any atom is -0.495 e. The lowest BCUT2D eigenvalue weighted by Gasteiger charge is -2.14. The first kappa shape index (κ1) is 21.5. The molecule has 30 heavy (non-hydrogen) atoms. The number of halogens is 3. The van der Waals surface area contributed by atoms with Gasteiger partial charge in [-0.2, -0.15) is 0 Å². The molecule has 0 unspecified atom stereocenters. The SMILES string of the molecule is COc1ccc(S(=O)(=O)Nc2ccc(F)cc2F)cc1NC(=O)c1ccc(Cl)cc1. The number of benzene rings is 3. The molecule has 0 aromatic heterocycles. The number of hydrogen-bond acceptors (Lipinski definition) is 4. The van der Waals surface area contributed by atoms with Crippen molar-refractivity contribution in [3.8, 4) is 5.75 Å². The van der Waals surface area contributed by atoms with Gasteiger partial charge in [-0.1, -0.05) is 11.6 Å². The number of ether oxygens (including phenoxy) is 1. The van der Waals surface area contributed by atoms with Crippen molar-refractivity contribution >= 4 is 38.9 Å². The molecule has 0 spiro atoms. The van der Waals surface area contributed by atoms with Gasteiger partial charge in [0.05, 0.1) is 23.4 Å². The van der Waals surface area contributed by atoms with E-state index in [1.165, 1.54) is 43.5 Å². The smallest absolute Gasteiger partial charge is 0.262 e. The topological polar surface area (TPSA) is 84.5 Å². The number of anilines is 2. The van der Waals surface area contributed by atoms with Gasteiger partial charge < -0.3 is 10.1 Å². The summed E-state index contributed by atoms with van der Waals surface area (Å²) in [6.45, 7) is 0. The fourth-order valence-electron chi connectivity index (χ4n) is 2.52. The van der Waals surface area contributed by atoms with E-state index in [1.54, 1.807) is 0 Å². The second-order valence-electron chi connectivity index (χ2n) is 6.05. The van der Waals surface area contributed by atoms with Crippen LogP contribution in [0, 0.1) is 11.6 Å². The Morgan fingerprint density at radius 2 is 1.67 bits per heavy atom. The van der Waals surface area contributed by atoms with Gasteiger partial charge in [0.1, 0.15) is 17.4 Å². The monoisotopic (exact) mass is 452 g/mol. The largest absolute Gasteiger partial charge is 0.495 e. The minimum absolute atomic E-state index is 0.0832. The Morgan fingerprint density at radius 1 is 0.967 bits per heavy atom. The first-order chi connectivity index (χ1) is 14.2. The van der Waals surface area contributed by atoms with Gasteiger partial charge >= 0.3 is 0 Å². The lowest BCUT2D eigenvalue weighted by molar-refractivity contribution is 0.102. The molecular formula is C20H15ClF2N2O4S. The number of carbonyl (C=O) groups excluding carboxylic acids is 1. The maximum Gasteiger partial charge on any atom is 0.262 e. The van der Waals surface area contributed by atoms with Crippen molar-refractivity contribution in [1.82, 2.24) is 0 Å². The molecule has 10 heteroatoms. The highest BCUT2D eigenvalue weighted by molar-refractivity contribution is 7.92. The molecule has 3 aromatic carbocycles. The number of sulfonamides is 1. The van der Waals surface area contributed by atoms with Crippen LogP contribution in [0.3, 0.4) is 0 Å². The van der Waals surface area contributed by atoms with E-state index >= 15 is 0 Å². The predicted molar refractivity (Wildman–Crippen MR) is 110 cm³/mol. The first-order valence-corrected chi connectivity index (χ1v) is 10.3. The molecule has 0 saturated carbocycles. The summed E-state index contributed by atoms with van der Waals surface area (Å²) in [5.41, 5.74) is -0.0416. The molecule has 2 N–H and O–H groups in total. The molecule has 6 nitrogen and oxygen atoms in total. The molecule has 0 atom stereocenters. The predicted octanol–water partition coefficient (Wildman–Crippen LogP) is 4.68. The molecule has 0 fully saturated rings. The van der Waals surface area contributed by atoms with Crippen LogP contribution >= 0.6 is 11.6 Å². The van der Waals surface area contributed by atoms with Crippen molar-refractivity contribution in [2.24, 2.45) is 0 Å². The Bertz CT molecular complexity index is 1200. The maximum atomic E-state index is 13.8. The summed E-state index contributed by atoms with van der Waals surface area (Å²) >= 11 is 5.81. The van der Waals surface area contributed by atoms with Crippen molar-refractivity contribution in [1.29, 1.82) is 0 Å². The Labute approximate surface area is 176 Å². The van der Waals surface area contributed by atoms with Crippen LogP contribution in [0.25, 0.3) is 0 Å². The van der Waals surface area contributed by atoms with E-state index in [1.807, 2.05) is 4.72 Å². The van der Waals surface area contributed by atoms with Crippen molar-refractivity contribution in [3.63, 3.8) is 0 Å². The normalized spacial score (nSPS) is 11.1. The molecule has 0 bridgehead atoms. The van der Waals surface area contributed by atoms with Gasteiger partial charge in [0, 0.05) is 16.7 Å². The Hall–Kier alpha value is -3.17. The van der Waals surface area contributed by atoms with Crippen LogP contribution in [0.2, 0.25) is 5.02 Å². The summed E-state index contributed by atoms with van der Waals surface area (Å²) in [5.74, 6) is -2.21. The van der Waals surface area contributed by atoms with E-state index in [0.29, 0.717) is 16.7 Å². The van der Waals surface area contributed by atoms with Crippen LogP contribution in [0.1, 0.15) is 10.4 Å². The fraction of sp³-hybridized carbons (Fsp3) is 0.0500. The van der Waals surface area contributed by atoms with E-state index in [-0.39, 0.29) is 16.3 Å². The van der Waals surface area contributed by atoms with Gasteiger partial charge in [0.25, 0.3) is 15.9 Å². The molecule has 0 aliphatic rings. The summed E-state index contributed by atoms with van der Waals surface area (Å²) in [7, 11) is -2.88. The van der Waals surface area contributed by atoms with Crippen molar-refractivity contribution in [2.75, 3.05) is 17.1 Å². The van der Waals surface area contributed by atoms with Crippen LogP contribution < -0.4 is 14.8 Å². The molecular weight excluding hydrogens is 438 g/mol. The van der Waals surface area contributed by atoms with Crippen molar-refractivity contribution in [3.05, 3.63) is 82.9 Å². The number of hydrogen-bond donors (Lipinski definition) is 2. The molecule has 1 amide bonds. The zero-order valence-electron chi connectivity index (χ0n) is 15.4. The van der Waals surface area contributed by atoms with E-state index in [9.17, 15) is 22.0 Å². The Balaban J connectivity index is 1.91. The zero-order valence-corrected chi connectivity index (χ0v) is 17.0. The highest BCUT2D eigenvalue weighted by Crippen LogP contribution is 2.29. The van der Waals surface area contributed by atoms with E-state index in [4.69, 9.17) is 16.3 Å². The zero-order chi connectivity index (χ0) is 21.9. The first-order valence-electron chi connectivity index (χ1n) is 8.42. The van der Waals surface area contributed by atoms with Gasteiger partial charge in [0.15, 0.2) is 0 Å². The summed E-state index contributed by atoms with van der Waals surface area (Å²) in [6, 6.07) is 12.3. The minimum atomic E-state index is -4.24. The third kappa shape index (κ3) is 4.87. The number of rotatable bonds is 6. The van der Waals surface area contributed by atoms with Crippen molar-refractivity contribution < 1.29 is 26.7 Å². The van der Waals surface area contributed by atoms with Crippen LogP contribution in [-0.2, 0) is 10.0 Å². The Morgan fingerprint density at radius 3 is 2.30 bits per heavy atom. The highest BCUT2D eigenvalue weighted by atomic mass is 35.5. The average molecular weight is 453 g/mol. The third-order valence-corrected chi connectivity index (χ3v) is 5.63. The van der Waals surface area contributed by atoms with E-state index in [2.05, 4.69) is 5.32 Å². The van der Waals surface area contributed by atoms with Crippen LogP contribution in [0.4, 0.5) is 20.2 Å². The lowest BCUT2D eigenvalue weighted by Crippen LogP contribution is -2.16. The second kappa shape index (κ2) is 8.68. The van der Waals surface area contributed by atoms with Gasteiger partial charge in [-0.05, 0) is 54.6 Å². The maximum absolute atomic E-state index is 13.8. The molecule has 3 rings (SSSR count). The van der Waals surface area contributed by atoms with E-state index in [0.717, 1.165) is 18.2 Å². The summed E-state index contributed by atoms with van der Waals surface area (Å²) < 4.78 is 59.4. The number of methoxy groups -OCH3 is 1. The molecule has 3 aromatic rings. The number of amides is 1. The highest BCUT2D eigenvalue weighted by Gasteiger charge is 2.20. The average Bonchev–Trinajstić information content (AvgIpc) is 2.70. The molecule has 0 radical (unpaired) electrons. The number of carbonyl (C=O) groups is 1. The van der Waals surface area contributed by atoms with Crippen LogP contribution in [-0.4, -0.2) is 21.4 Å². The van der Waals surface area contributed by atoms with Gasteiger partial charge in [0.2, 0.25) is 0 Å². The van der Waals surface area contributed by atoms with Gasteiger partial charge in [-0.15, -0.1) is 0 Å². The van der Waals surface area contributed by atoms with Crippen LogP contribution in [0.5, 0.6) is 5.75 Å².